The van der Waals surface area contributed by atoms with Crippen molar-refractivity contribution in [3.05, 3.63) is 90.3 Å². The molecule has 3 rings (SSSR count). The summed E-state index contributed by atoms with van der Waals surface area (Å²) in [6.45, 7) is 0. The maximum absolute atomic E-state index is 4.46. The van der Waals surface area contributed by atoms with Crippen molar-refractivity contribution in [1.29, 1.82) is 0 Å². The monoisotopic (exact) mass is 562 g/mol. The minimum atomic E-state index is 0. The van der Waals surface area contributed by atoms with Crippen molar-refractivity contribution in [3.63, 3.8) is 0 Å². The maximum atomic E-state index is 4.46. The molecule has 0 aliphatic heterocycles. The number of para-hydroxylation sites is 2. The van der Waals surface area contributed by atoms with Gasteiger partial charge in [-0.15, -0.1) is 0 Å². The van der Waals surface area contributed by atoms with Crippen LogP contribution in [0.1, 0.15) is 11.4 Å². The first-order valence-corrected chi connectivity index (χ1v) is 7.55. The molecule has 0 amide bonds. The van der Waals surface area contributed by atoms with E-state index in [-0.39, 0.29) is 78.1 Å². The Balaban J connectivity index is 0. The number of benzene rings is 2. The van der Waals surface area contributed by atoms with Gasteiger partial charge in [0.25, 0.3) is 0 Å². The predicted octanol–water partition coefficient (Wildman–Crippen LogP) is -5.01. The Hall–Kier alpha value is -1.25. The van der Waals surface area contributed by atoms with Crippen LogP contribution in [-0.4, -0.2) is 17.4 Å². The molecule has 0 bridgehead atoms. The fraction of sp³-hybridized carbons (Fsp3) is 0. The Morgan fingerprint density at radius 2 is 0.964 bits per heavy atom. The molecule has 5 nitrogen and oxygen atoms in total. The van der Waals surface area contributed by atoms with Crippen LogP contribution < -0.4 is 48.1 Å². The molecule has 0 atom stereocenters. The van der Waals surface area contributed by atoms with E-state index in [4.69, 9.17) is 0 Å². The van der Waals surface area contributed by atoms with Crippen molar-refractivity contribution < 1.29 is 78.1 Å². The van der Waals surface area contributed by atoms with E-state index in [1.165, 1.54) is 0 Å². The summed E-state index contributed by atoms with van der Waals surface area (Å²) in [6, 6.07) is 25.2. The van der Waals surface area contributed by atoms with Gasteiger partial charge in [-0.2, -0.15) is 10.2 Å². The van der Waals surface area contributed by atoms with E-state index in [9.17, 15) is 0 Å². The number of hydrogen-bond acceptors (Lipinski definition) is 5. The van der Waals surface area contributed by atoms with Gasteiger partial charge < -0.3 is 37.2 Å². The average molecular weight is 566 g/mol. The van der Waals surface area contributed by atoms with Crippen molar-refractivity contribution in [3.8, 4) is 0 Å². The zero-order chi connectivity index (χ0) is 16.5. The van der Waals surface area contributed by atoms with Gasteiger partial charge in [0.15, 0.2) is 0 Å². The van der Waals surface area contributed by atoms with Crippen molar-refractivity contribution >= 4 is 23.8 Å². The van der Waals surface area contributed by atoms with Gasteiger partial charge >= 0.3 is 40.8 Å². The van der Waals surface area contributed by atoms with Crippen LogP contribution >= 0.6 is 0 Å². The number of anilines is 2. The first kappa shape index (κ1) is 29.0. The van der Waals surface area contributed by atoms with Crippen LogP contribution in [0.15, 0.2) is 89.1 Å². The zero-order valence-corrected chi connectivity index (χ0v) is 20.1. The molecule has 143 valence electrons. The SMILES string of the molecule is C(=NNc1ccccc1)c1cccc(C=NNc2ccccc2)n1.[Cl-].[Cl-].[Cl-].[Nd+3]. The molecule has 2 aromatic carbocycles. The van der Waals surface area contributed by atoms with Crippen LogP contribution in [0, 0.1) is 40.8 Å². The van der Waals surface area contributed by atoms with Crippen LogP contribution in [0.4, 0.5) is 11.4 Å². The molecule has 28 heavy (non-hydrogen) atoms. The van der Waals surface area contributed by atoms with E-state index in [2.05, 4.69) is 26.0 Å². The van der Waals surface area contributed by atoms with Gasteiger partial charge in [-0.05, 0) is 36.4 Å². The van der Waals surface area contributed by atoms with Gasteiger partial charge in [-0.25, -0.2) is 4.98 Å². The quantitative estimate of drug-likeness (QED) is 0.233. The maximum Gasteiger partial charge on any atom is 3.00 e. The van der Waals surface area contributed by atoms with Gasteiger partial charge in [0, 0.05) is 0 Å². The van der Waals surface area contributed by atoms with Crippen LogP contribution in [0.25, 0.3) is 0 Å². The molecule has 0 unspecified atom stereocenters. The molecule has 9 heteroatoms. The second-order valence-corrected chi connectivity index (χ2v) is 4.96. The van der Waals surface area contributed by atoms with Gasteiger partial charge in [0.05, 0.1) is 35.2 Å². The van der Waals surface area contributed by atoms with E-state index in [1.807, 2.05) is 78.9 Å². The number of halogens is 3. The van der Waals surface area contributed by atoms with E-state index < -0.39 is 0 Å². The van der Waals surface area contributed by atoms with Crippen LogP contribution in [0.5, 0.6) is 0 Å². The normalized spacial score (nSPS) is 9.43. The molecular formula is C19H17Cl3N5Nd. The minimum Gasteiger partial charge on any atom is -1.00 e. The van der Waals surface area contributed by atoms with Crippen LogP contribution in [-0.2, 0) is 0 Å². The summed E-state index contributed by atoms with van der Waals surface area (Å²) in [7, 11) is 0. The minimum absolute atomic E-state index is 0. The zero-order valence-electron chi connectivity index (χ0n) is 14.6. The Labute approximate surface area is 216 Å². The van der Waals surface area contributed by atoms with Crippen LogP contribution in [0.3, 0.4) is 0 Å². The number of aromatic nitrogens is 1. The fourth-order valence-corrected chi connectivity index (χ4v) is 1.98. The van der Waals surface area contributed by atoms with E-state index in [0.29, 0.717) is 0 Å². The van der Waals surface area contributed by atoms with Crippen LogP contribution in [0.2, 0.25) is 0 Å². The number of rotatable bonds is 6. The topological polar surface area (TPSA) is 61.7 Å². The summed E-state index contributed by atoms with van der Waals surface area (Å²) in [5, 5.41) is 8.37. The summed E-state index contributed by atoms with van der Waals surface area (Å²) in [6.07, 6.45) is 3.35. The molecule has 0 aliphatic carbocycles. The number of nitrogens with zero attached hydrogens (tertiary/aromatic N) is 3. The van der Waals surface area contributed by atoms with Crippen molar-refractivity contribution in [2.75, 3.05) is 10.9 Å². The van der Waals surface area contributed by atoms with Gasteiger partial charge in [0.2, 0.25) is 0 Å². The molecule has 0 spiro atoms. The first-order valence-electron chi connectivity index (χ1n) is 7.55. The van der Waals surface area contributed by atoms with Crippen molar-refractivity contribution in [2.24, 2.45) is 10.2 Å². The fourth-order valence-electron chi connectivity index (χ4n) is 1.98. The third kappa shape index (κ3) is 10.3. The molecule has 0 saturated carbocycles. The second kappa shape index (κ2) is 16.7. The molecule has 2 N–H and O–H groups in total. The Morgan fingerprint density at radius 1 is 0.571 bits per heavy atom. The summed E-state index contributed by atoms with van der Waals surface area (Å²) < 4.78 is 0. The van der Waals surface area contributed by atoms with Crippen molar-refractivity contribution in [1.82, 2.24) is 4.98 Å². The van der Waals surface area contributed by atoms with Gasteiger partial charge in [-0.1, -0.05) is 42.5 Å². The molecule has 1 radical (unpaired) electrons. The third-order valence-corrected chi connectivity index (χ3v) is 3.12. The summed E-state index contributed by atoms with van der Waals surface area (Å²) >= 11 is 0. The summed E-state index contributed by atoms with van der Waals surface area (Å²) in [4.78, 5) is 4.46. The standard InChI is InChI=1S/C19H17N5.3ClH.Nd/c1-3-8-16(9-4-1)23-20-14-18-12-7-13-19(22-18)15-21-24-17-10-5-2-6-11-17;;;;/h1-15,23-24H;3*1H;/q;;;;+3/p-3. The van der Waals surface area contributed by atoms with E-state index in [0.717, 1.165) is 22.8 Å². The second-order valence-electron chi connectivity index (χ2n) is 4.96. The molecule has 0 aliphatic rings. The molecular weight excluding hydrogens is 549 g/mol. The van der Waals surface area contributed by atoms with E-state index >= 15 is 0 Å². The average Bonchev–Trinajstić information content (AvgIpc) is 2.64. The molecule has 0 fully saturated rings. The number of nitrogens with one attached hydrogen (secondary N) is 2. The predicted molar refractivity (Wildman–Crippen MR) is 99.6 cm³/mol. The van der Waals surface area contributed by atoms with Gasteiger partial charge in [0.1, 0.15) is 0 Å². The molecule has 1 heterocycles. The number of hydrogen-bond donors (Lipinski definition) is 2. The Kier molecular flexibility index (Phi) is 17.3. The molecule has 0 saturated heterocycles. The smallest absolute Gasteiger partial charge is 1.00 e. The van der Waals surface area contributed by atoms with Crippen molar-refractivity contribution in [2.45, 2.75) is 0 Å². The summed E-state index contributed by atoms with van der Waals surface area (Å²) in [5.74, 6) is 0. The van der Waals surface area contributed by atoms with Gasteiger partial charge in [-0.3, -0.25) is 10.9 Å². The largest absolute Gasteiger partial charge is 3.00 e. The Morgan fingerprint density at radius 3 is 1.36 bits per heavy atom. The number of hydrazone groups is 2. The molecule has 1 aromatic heterocycles. The third-order valence-electron chi connectivity index (χ3n) is 3.12. The van der Waals surface area contributed by atoms with E-state index in [1.54, 1.807) is 12.4 Å². The first-order chi connectivity index (χ1) is 11.9. The Bertz CT molecular complexity index is 766. The molecule has 3 aromatic rings. The summed E-state index contributed by atoms with van der Waals surface area (Å²) in [5.41, 5.74) is 9.28. The number of pyridine rings is 1.